The molecular weight excluding hydrogens is 269 g/mol. The van der Waals surface area contributed by atoms with E-state index < -0.39 is 36.4 Å². The van der Waals surface area contributed by atoms with Crippen LogP contribution in [0.25, 0.3) is 0 Å². The number of hydrogen-bond acceptors (Lipinski definition) is 4. The van der Waals surface area contributed by atoms with Gasteiger partial charge < -0.3 is 20.4 Å². The SMILES string of the molecule is O=C(O)CC(O)(CC(=O)O)C(=O)O.[H+].[H+].[KH].[Na+].[Na+]. The van der Waals surface area contributed by atoms with Crippen molar-refractivity contribution in [1.29, 1.82) is 0 Å². The Bertz CT molecular complexity index is 250. The second kappa shape index (κ2) is 12.1. The Labute approximate surface area is 181 Å². The molecule has 0 rings (SSSR count). The molecule has 0 unspecified atom stereocenters. The molecule has 0 saturated carbocycles. The Morgan fingerprint density at radius 2 is 1.19 bits per heavy atom. The number of carboxylic acid groups (broad SMARTS) is 3. The van der Waals surface area contributed by atoms with E-state index in [0.29, 0.717) is 0 Å². The average Bonchev–Trinajstić information content (AvgIpc) is 1.82. The van der Waals surface area contributed by atoms with Gasteiger partial charge in [-0.15, -0.1) is 0 Å². The number of carbonyl (C=O) groups is 3. The van der Waals surface area contributed by atoms with Crippen LogP contribution in [0.4, 0.5) is 0 Å². The Morgan fingerprint density at radius 1 is 0.938 bits per heavy atom. The van der Waals surface area contributed by atoms with Crippen LogP contribution in [-0.4, -0.2) is 95.3 Å². The molecule has 0 aliphatic rings. The van der Waals surface area contributed by atoms with Crippen molar-refractivity contribution in [2.45, 2.75) is 18.4 Å². The summed E-state index contributed by atoms with van der Waals surface area (Å²) >= 11 is 0. The molecular formula is C6H11KNa2O7+4. The van der Waals surface area contributed by atoms with E-state index >= 15 is 0 Å². The van der Waals surface area contributed by atoms with Gasteiger partial charge in [0.25, 0.3) is 0 Å². The van der Waals surface area contributed by atoms with Crippen LogP contribution in [0.15, 0.2) is 0 Å². The summed E-state index contributed by atoms with van der Waals surface area (Å²) in [5, 5.41) is 33.8. The number of hydrogen-bond donors (Lipinski definition) is 4. The first-order valence-electron chi connectivity index (χ1n) is 3.17. The summed E-state index contributed by atoms with van der Waals surface area (Å²) in [5.74, 6) is -5.02. The van der Waals surface area contributed by atoms with Crippen LogP contribution in [0.2, 0.25) is 0 Å². The molecule has 0 fully saturated rings. The van der Waals surface area contributed by atoms with Gasteiger partial charge in [0.1, 0.15) is 0 Å². The molecule has 4 N–H and O–H groups in total. The molecule has 0 aliphatic carbocycles. The largest absolute Gasteiger partial charge is 1.00 e. The van der Waals surface area contributed by atoms with Crippen LogP contribution in [0, 0.1) is 0 Å². The zero-order valence-corrected chi connectivity index (χ0v) is 12.4. The first-order valence-corrected chi connectivity index (χ1v) is 3.17. The van der Waals surface area contributed by atoms with Crippen molar-refractivity contribution in [3.63, 3.8) is 0 Å². The van der Waals surface area contributed by atoms with Gasteiger partial charge >= 0.3 is 131 Å². The van der Waals surface area contributed by atoms with Crippen LogP contribution in [-0.2, 0) is 14.4 Å². The topological polar surface area (TPSA) is 132 Å². The van der Waals surface area contributed by atoms with E-state index in [9.17, 15) is 14.4 Å². The van der Waals surface area contributed by atoms with E-state index in [2.05, 4.69) is 0 Å². The summed E-state index contributed by atoms with van der Waals surface area (Å²) in [6, 6.07) is 0. The van der Waals surface area contributed by atoms with Gasteiger partial charge in [-0.3, -0.25) is 9.59 Å². The van der Waals surface area contributed by atoms with Crippen LogP contribution in [0.5, 0.6) is 0 Å². The molecule has 0 amide bonds. The molecule has 0 saturated heterocycles. The third-order valence-corrected chi connectivity index (χ3v) is 1.29. The molecule has 0 aliphatic heterocycles. The Hall–Kier alpha value is 2.01. The van der Waals surface area contributed by atoms with E-state index in [4.69, 9.17) is 20.4 Å². The maximum atomic E-state index is 10.3. The van der Waals surface area contributed by atoms with E-state index in [1.807, 2.05) is 0 Å². The van der Waals surface area contributed by atoms with E-state index in [-0.39, 0.29) is 113 Å². The van der Waals surface area contributed by atoms with Crippen molar-refractivity contribution in [1.82, 2.24) is 0 Å². The molecule has 0 atom stereocenters. The number of aliphatic hydroxyl groups is 1. The fraction of sp³-hybridized carbons (Fsp3) is 0.500. The Kier molecular flexibility index (Phi) is 20.0. The summed E-state index contributed by atoms with van der Waals surface area (Å²) < 4.78 is 0. The van der Waals surface area contributed by atoms with Crippen LogP contribution in [0.1, 0.15) is 15.7 Å². The summed E-state index contributed by atoms with van der Waals surface area (Å²) in [5.41, 5.74) is -2.74. The summed E-state index contributed by atoms with van der Waals surface area (Å²) in [4.78, 5) is 30.5. The van der Waals surface area contributed by atoms with E-state index in [1.165, 1.54) is 0 Å². The zero-order chi connectivity index (χ0) is 10.6. The van der Waals surface area contributed by atoms with Gasteiger partial charge in [0.2, 0.25) is 0 Å². The number of rotatable bonds is 5. The standard InChI is InChI=1S/C6H8O7.K.2Na.H/c7-3(8)1-6(13,5(11)12)2-4(9)10;;;;/h13H,1-2H2,(H,7,8)(H,9,10)(H,11,12);;;;/q;;2*+1;/p+2. The number of carboxylic acids is 3. The van der Waals surface area contributed by atoms with Crippen molar-refractivity contribution >= 4 is 69.3 Å². The molecule has 0 aromatic rings. The molecule has 10 heteroatoms. The van der Waals surface area contributed by atoms with Gasteiger partial charge in [-0.2, -0.15) is 0 Å². The minimum Gasteiger partial charge on any atom is 1.00 e. The Balaban J connectivity index is -0.0000000720. The molecule has 76 valence electrons. The summed E-state index contributed by atoms with van der Waals surface area (Å²) in [6.45, 7) is 0. The van der Waals surface area contributed by atoms with Crippen molar-refractivity contribution in [2.24, 2.45) is 0 Å². The van der Waals surface area contributed by atoms with Crippen molar-refractivity contribution in [3.05, 3.63) is 0 Å². The van der Waals surface area contributed by atoms with Gasteiger partial charge in [-0.05, 0) is 0 Å². The maximum absolute atomic E-state index is 10.3. The maximum Gasteiger partial charge on any atom is 1.00 e. The van der Waals surface area contributed by atoms with Crippen molar-refractivity contribution in [3.8, 4) is 0 Å². The van der Waals surface area contributed by atoms with Crippen LogP contribution < -0.4 is 59.1 Å². The molecule has 0 aromatic heterocycles. The first kappa shape index (κ1) is 26.5. The molecule has 0 radical (unpaired) electrons. The molecule has 0 spiro atoms. The van der Waals surface area contributed by atoms with E-state index in [1.54, 1.807) is 0 Å². The van der Waals surface area contributed by atoms with Gasteiger partial charge in [0.15, 0.2) is 5.60 Å². The predicted octanol–water partition coefficient (Wildman–Crippen LogP) is -7.66. The van der Waals surface area contributed by atoms with Gasteiger partial charge in [0.05, 0.1) is 12.8 Å². The quantitative estimate of drug-likeness (QED) is 0.368. The monoisotopic (exact) mass is 280 g/mol. The zero-order valence-electron chi connectivity index (χ0n) is 10.4. The average molecular weight is 280 g/mol. The minimum atomic E-state index is -2.74. The van der Waals surface area contributed by atoms with Crippen molar-refractivity contribution in [2.75, 3.05) is 0 Å². The molecule has 0 heterocycles. The molecule has 0 aromatic carbocycles. The Morgan fingerprint density at radius 3 is 1.31 bits per heavy atom. The fourth-order valence-electron chi connectivity index (χ4n) is 0.714. The normalized spacial score (nSPS) is 8.81. The van der Waals surface area contributed by atoms with Gasteiger partial charge in [0, 0.05) is 0 Å². The first-order chi connectivity index (χ1) is 5.78. The van der Waals surface area contributed by atoms with Crippen LogP contribution >= 0.6 is 0 Å². The molecule has 16 heavy (non-hydrogen) atoms. The summed E-state index contributed by atoms with van der Waals surface area (Å²) in [7, 11) is 0. The van der Waals surface area contributed by atoms with Gasteiger partial charge in [-0.25, -0.2) is 4.79 Å². The smallest absolute Gasteiger partial charge is 1.00 e. The van der Waals surface area contributed by atoms with Gasteiger partial charge in [-0.1, -0.05) is 0 Å². The van der Waals surface area contributed by atoms with E-state index in [0.717, 1.165) is 0 Å². The fourth-order valence-corrected chi connectivity index (χ4v) is 0.714. The van der Waals surface area contributed by atoms with Crippen molar-refractivity contribution < 1.29 is 96.8 Å². The third-order valence-electron chi connectivity index (χ3n) is 1.29. The summed E-state index contributed by atoms with van der Waals surface area (Å²) in [6.07, 6.45) is -2.29. The predicted molar refractivity (Wildman–Crippen MR) is 46.5 cm³/mol. The van der Waals surface area contributed by atoms with Crippen LogP contribution in [0.3, 0.4) is 0 Å². The number of aliphatic carboxylic acids is 3. The second-order valence-corrected chi connectivity index (χ2v) is 2.48. The molecule has 7 nitrogen and oxygen atoms in total. The molecule has 0 bridgehead atoms. The third kappa shape index (κ3) is 11.1. The minimum absolute atomic E-state index is 0. The second-order valence-electron chi connectivity index (χ2n) is 2.48.